The molecule has 1 aromatic heterocycles. The molecule has 2 rings (SSSR count). The number of nitrogens with zero attached hydrogens (tertiary/aromatic N) is 1. The lowest BCUT2D eigenvalue weighted by Gasteiger charge is -2.11. The fraction of sp³-hybridized carbons (Fsp3) is 0.353. The molecule has 0 spiro atoms. The fourth-order valence-electron chi connectivity index (χ4n) is 2.02. The molecule has 2 aromatic rings. The number of pyridine rings is 1. The van der Waals surface area contributed by atoms with Crippen LogP contribution in [0.2, 0.25) is 0 Å². The quantitative estimate of drug-likeness (QED) is 0.719. The van der Waals surface area contributed by atoms with Gasteiger partial charge in [-0.15, -0.1) is 0 Å². The van der Waals surface area contributed by atoms with E-state index in [1.165, 1.54) is 0 Å². The lowest BCUT2D eigenvalue weighted by Crippen LogP contribution is -2.11. The molecule has 0 aliphatic rings. The van der Waals surface area contributed by atoms with Crippen LogP contribution in [0, 0.1) is 0 Å². The topological polar surface area (TPSA) is 43.4 Å². The highest BCUT2D eigenvalue weighted by Gasteiger charge is 2.01. The zero-order chi connectivity index (χ0) is 14.8. The molecule has 0 aliphatic carbocycles. The summed E-state index contributed by atoms with van der Waals surface area (Å²) in [5.74, 6) is 0.917. The Bertz CT molecular complexity index is 517. The number of ether oxygens (including phenoxy) is 2. The van der Waals surface area contributed by atoms with E-state index in [9.17, 15) is 0 Å². The molecule has 0 aliphatic heterocycles. The SMILES string of the molecule is CNCc1ccccc1OCCOCCc1ccccn1. The standard InChI is InChI=1S/C17H22N2O2/c1-18-14-15-6-2-3-8-17(15)21-13-12-20-11-9-16-7-4-5-10-19-16/h2-8,10,18H,9,11-14H2,1H3. The van der Waals surface area contributed by atoms with E-state index in [2.05, 4.69) is 16.4 Å². The van der Waals surface area contributed by atoms with Crippen LogP contribution in [0.3, 0.4) is 0 Å². The fourth-order valence-corrected chi connectivity index (χ4v) is 2.02. The second kappa shape index (κ2) is 9.10. The van der Waals surface area contributed by atoms with Gasteiger partial charge < -0.3 is 14.8 Å². The summed E-state index contributed by atoms with van der Waals surface area (Å²) in [5, 5.41) is 3.14. The number of nitrogens with one attached hydrogen (secondary N) is 1. The third kappa shape index (κ3) is 5.53. The van der Waals surface area contributed by atoms with Crippen LogP contribution in [0.5, 0.6) is 5.75 Å². The van der Waals surface area contributed by atoms with Gasteiger partial charge in [0, 0.05) is 30.4 Å². The first-order valence-electron chi connectivity index (χ1n) is 7.23. The normalized spacial score (nSPS) is 10.5. The van der Waals surface area contributed by atoms with Crippen molar-refractivity contribution in [1.29, 1.82) is 0 Å². The summed E-state index contributed by atoms with van der Waals surface area (Å²) >= 11 is 0. The lowest BCUT2D eigenvalue weighted by molar-refractivity contribution is 0.102. The highest BCUT2D eigenvalue weighted by atomic mass is 16.5. The second-order valence-electron chi connectivity index (χ2n) is 4.67. The Morgan fingerprint density at radius 3 is 2.67 bits per heavy atom. The molecule has 21 heavy (non-hydrogen) atoms. The van der Waals surface area contributed by atoms with E-state index in [1.807, 2.05) is 43.4 Å². The summed E-state index contributed by atoms with van der Waals surface area (Å²) in [6, 6.07) is 14.0. The number of rotatable bonds is 9. The molecule has 0 amide bonds. The van der Waals surface area contributed by atoms with Gasteiger partial charge in [0.1, 0.15) is 12.4 Å². The van der Waals surface area contributed by atoms with Gasteiger partial charge in [-0.1, -0.05) is 24.3 Å². The molecule has 0 saturated heterocycles. The van der Waals surface area contributed by atoms with Crippen molar-refractivity contribution in [2.75, 3.05) is 26.9 Å². The van der Waals surface area contributed by atoms with Crippen molar-refractivity contribution >= 4 is 0 Å². The number of hydrogen-bond acceptors (Lipinski definition) is 4. The van der Waals surface area contributed by atoms with Gasteiger partial charge in [-0.05, 0) is 25.2 Å². The van der Waals surface area contributed by atoms with Crippen molar-refractivity contribution in [2.24, 2.45) is 0 Å². The molecule has 0 fully saturated rings. The highest BCUT2D eigenvalue weighted by molar-refractivity contribution is 5.33. The third-order valence-electron chi connectivity index (χ3n) is 3.05. The molecular weight excluding hydrogens is 264 g/mol. The minimum absolute atomic E-state index is 0.558. The van der Waals surface area contributed by atoms with Crippen molar-refractivity contribution < 1.29 is 9.47 Å². The molecule has 112 valence electrons. The van der Waals surface area contributed by atoms with Gasteiger partial charge in [0.15, 0.2) is 0 Å². The van der Waals surface area contributed by atoms with Crippen LogP contribution in [0.1, 0.15) is 11.3 Å². The molecule has 0 bridgehead atoms. The van der Waals surface area contributed by atoms with Crippen molar-refractivity contribution in [3.8, 4) is 5.75 Å². The number of hydrogen-bond donors (Lipinski definition) is 1. The Hall–Kier alpha value is -1.91. The molecule has 4 heteroatoms. The molecule has 0 atom stereocenters. The second-order valence-corrected chi connectivity index (χ2v) is 4.67. The van der Waals surface area contributed by atoms with Crippen LogP contribution in [-0.4, -0.2) is 31.9 Å². The van der Waals surface area contributed by atoms with Gasteiger partial charge in [0.25, 0.3) is 0 Å². The Morgan fingerprint density at radius 1 is 1.00 bits per heavy atom. The molecular formula is C17H22N2O2. The van der Waals surface area contributed by atoms with Gasteiger partial charge in [-0.25, -0.2) is 0 Å². The van der Waals surface area contributed by atoms with Crippen LogP contribution in [-0.2, 0) is 17.7 Å². The van der Waals surface area contributed by atoms with Crippen molar-refractivity contribution in [3.05, 3.63) is 59.9 Å². The summed E-state index contributed by atoms with van der Waals surface area (Å²) in [6.07, 6.45) is 2.63. The molecule has 1 aromatic carbocycles. The molecule has 1 N–H and O–H groups in total. The molecule has 0 radical (unpaired) electrons. The van der Waals surface area contributed by atoms with E-state index in [0.717, 1.165) is 30.0 Å². The van der Waals surface area contributed by atoms with E-state index < -0.39 is 0 Å². The predicted octanol–water partition coefficient (Wildman–Crippen LogP) is 2.44. The van der Waals surface area contributed by atoms with Crippen molar-refractivity contribution in [2.45, 2.75) is 13.0 Å². The van der Waals surface area contributed by atoms with Crippen LogP contribution in [0.15, 0.2) is 48.7 Å². The Balaban J connectivity index is 1.64. The van der Waals surface area contributed by atoms with E-state index in [1.54, 1.807) is 6.20 Å². The first-order valence-corrected chi connectivity index (χ1v) is 7.23. The van der Waals surface area contributed by atoms with Crippen LogP contribution < -0.4 is 10.1 Å². The maximum absolute atomic E-state index is 5.76. The summed E-state index contributed by atoms with van der Waals surface area (Å²) in [6.45, 7) is 2.61. The van der Waals surface area contributed by atoms with E-state index in [-0.39, 0.29) is 0 Å². The third-order valence-corrected chi connectivity index (χ3v) is 3.05. The minimum Gasteiger partial charge on any atom is -0.491 e. The summed E-state index contributed by atoms with van der Waals surface area (Å²) in [4.78, 5) is 4.26. The van der Waals surface area contributed by atoms with Crippen LogP contribution >= 0.6 is 0 Å². The van der Waals surface area contributed by atoms with Gasteiger partial charge in [0.05, 0.1) is 13.2 Å². The molecule has 0 saturated carbocycles. The molecule has 0 unspecified atom stereocenters. The lowest BCUT2D eigenvalue weighted by atomic mass is 10.2. The van der Waals surface area contributed by atoms with Gasteiger partial charge in [-0.2, -0.15) is 0 Å². The zero-order valence-electron chi connectivity index (χ0n) is 12.4. The average Bonchev–Trinajstić information content (AvgIpc) is 2.53. The maximum atomic E-state index is 5.76. The maximum Gasteiger partial charge on any atom is 0.123 e. The zero-order valence-corrected chi connectivity index (χ0v) is 12.4. The molecule has 4 nitrogen and oxygen atoms in total. The van der Waals surface area contributed by atoms with Gasteiger partial charge in [-0.3, -0.25) is 4.98 Å². The first kappa shape index (κ1) is 15.5. The van der Waals surface area contributed by atoms with Gasteiger partial charge >= 0.3 is 0 Å². The Kier molecular flexibility index (Phi) is 6.71. The minimum atomic E-state index is 0.558. The van der Waals surface area contributed by atoms with Crippen molar-refractivity contribution in [3.63, 3.8) is 0 Å². The predicted molar refractivity (Wildman–Crippen MR) is 83.5 cm³/mol. The first-order chi connectivity index (χ1) is 10.4. The summed E-state index contributed by atoms with van der Waals surface area (Å²) < 4.78 is 11.3. The summed E-state index contributed by atoms with van der Waals surface area (Å²) in [7, 11) is 1.93. The number of benzene rings is 1. The summed E-state index contributed by atoms with van der Waals surface area (Å²) in [5.41, 5.74) is 2.21. The smallest absolute Gasteiger partial charge is 0.123 e. The van der Waals surface area contributed by atoms with E-state index in [4.69, 9.17) is 9.47 Å². The van der Waals surface area contributed by atoms with E-state index >= 15 is 0 Å². The van der Waals surface area contributed by atoms with Crippen LogP contribution in [0.25, 0.3) is 0 Å². The van der Waals surface area contributed by atoms with Gasteiger partial charge in [0.2, 0.25) is 0 Å². The Morgan fingerprint density at radius 2 is 1.86 bits per heavy atom. The number of aromatic nitrogens is 1. The monoisotopic (exact) mass is 286 g/mol. The van der Waals surface area contributed by atoms with E-state index in [0.29, 0.717) is 19.8 Å². The Labute approximate surface area is 126 Å². The molecule has 1 heterocycles. The van der Waals surface area contributed by atoms with Crippen LogP contribution in [0.4, 0.5) is 0 Å². The number of para-hydroxylation sites is 1. The van der Waals surface area contributed by atoms with Crippen molar-refractivity contribution in [1.82, 2.24) is 10.3 Å². The largest absolute Gasteiger partial charge is 0.491 e. The highest BCUT2D eigenvalue weighted by Crippen LogP contribution is 2.17. The average molecular weight is 286 g/mol.